The van der Waals surface area contributed by atoms with Crippen LogP contribution in [0.3, 0.4) is 0 Å². The third-order valence-electron chi connectivity index (χ3n) is 4.43. The van der Waals surface area contributed by atoms with E-state index in [4.69, 9.17) is 16.3 Å². The van der Waals surface area contributed by atoms with Gasteiger partial charge < -0.3 is 10.1 Å². The lowest BCUT2D eigenvalue weighted by Gasteiger charge is -2.14. The average molecular weight is 496 g/mol. The van der Waals surface area contributed by atoms with E-state index in [0.29, 0.717) is 10.8 Å². The van der Waals surface area contributed by atoms with Crippen LogP contribution in [0, 0.1) is 37.1 Å². The third-order valence-corrected chi connectivity index (χ3v) is 5.03. The van der Waals surface area contributed by atoms with Crippen molar-refractivity contribution in [1.29, 1.82) is 0 Å². The molecule has 0 aliphatic rings. The number of nitrogens with one attached hydrogen (secondary N) is 1. The largest absolute Gasteiger partial charge is 0.471 e. The minimum Gasteiger partial charge on any atom is -0.471 e. The van der Waals surface area contributed by atoms with Crippen molar-refractivity contribution in [3.8, 4) is 5.75 Å². The lowest BCUT2D eigenvalue weighted by molar-refractivity contribution is -0.143. The minimum absolute atomic E-state index is 0.194. The molecule has 0 atom stereocenters. The highest BCUT2D eigenvalue weighted by Gasteiger charge is 2.42. The van der Waals surface area contributed by atoms with Gasteiger partial charge in [-0.25, -0.2) is 22.2 Å². The van der Waals surface area contributed by atoms with Crippen molar-refractivity contribution in [2.24, 2.45) is 0 Å². The second-order valence-electron chi connectivity index (χ2n) is 6.84. The molecule has 3 aromatic rings. The van der Waals surface area contributed by atoms with Crippen molar-refractivity contribution >= 4 is 23.2 Å². The second kappa shape index (κ2) is 8.93. The number of carbonyl (C=O) groups is 1. The topological polar surface area (TPSA) is 56.1 Å². The van der Waals surface area contributed by atoms with Gasteiger partial charge in [-0.1, -0.05) is 11.6 Å². The summed E-state index contributed by atoms with van der Waals surface area (Å²) < 4.78 is 99.9. The van der Waals surface area contributed by atoms with Gasteiger partial charge in [0.25, 0.3) is 5.91 Å². The zero-order valence-electron chi connectivity index (χ0n) is 16.8. The van der Waals surface area contributed by atoms with Gasteiger partial charge in [0, 0.05) is 11.2 Å². The fourth-order valence-electron chi connectivity index (χ4n) is 2.85. The van der Waals surface area contributed by atoms with E-state index >= 15 is 0 Å². The summed E-state index contributed by atoms with van der Waals surface area (Å²) in [6.45, 7) is 3.34. The number of aryl methyl sites for hydroxylation is 2. The molecule has 1 aromatic heterocycles. The highest BCUT2D eigenvalue weighted by molar-refractivity contribution is 6.32. The first-order chi connectivity index (χ1) is 15.3. The maximum Gasteiger partial charge on any atom is 0.422 e. The van der Waals surface area contributed by atoms with Gasteiger partial charge in [0.1, 0.15) is 17.0 Å². The molecular weight excluding hydrogens is 483 g/mol. The number of hydrogen-bond donors (Lipinski definition) is 1. The van der Waals surface area contributed by atoms with E-state index in [1.807, 2.05) is 0 Å². The summed E-state index contributed by atoms with van der Waals surface area (Å²) in [7, 11) is 0. The standard InChI is InChI=1S/C20H13ClF7N3O2/c1-8-5-10(6-9(2)13(8)21)33-7-31-4-3-11(30-31)19(32)29-18-16(24)14(22)12(20(26,27)28)15(23)17(18)25/h3-6H,7H2,1-2H3,(H,29,32). The number of amides is 1. The first-order valence-electron chi connectivity index (χ1n) is 8.98. The van der Waals surface area contributed by atoms with Crippen LogP contribution in [0.25, 0.3) is 0 Å². The van der Waals surface area contributed by atoms with Crippen molar-refractivity contribution in [2.75, 3.05) is 5.32 Å². The van der Waals surface area contributed by atoms with Crippen LogP contribution in [-0.2, 0) is 12.9 Å². The number of alkyl halides is 3. The van der Waals surface area contributed by atoms with E-state index in [-0.39, 0.29) is 6.73 Å². The normalized spacial score (nSPS) is 11.6. The third kappa shape index (κ3) is 4.90. The summed E-state index contributed by atoms with van der Waals surface area (Å²) in [5.74, 6) is -11.1. The molecule has 0 bridgehead atoms. The highest BCUT2D eigenvalue weighted by atomic mass is 35.5. The van der Waals surface area contributed by atoms with Gasteiger partial charge >= 0.3 is 6.18 Å². The average Bonchev–Trinajstić information content (AvgIpc) is 3.20. The second-order valence-corrected chi connectivity index (χ2v) is 7.22. The van der Waals surface area contributed by atoms with Crippen molar-refractivity contribution in [3.05, 3.63) is 75.1 Å². The Hall–Kier alpha value is -3.28. The minimum atomic E-state index is -5.70. The SMILES string of the molecule is Cc1cc(OCn2ccc(C(=O)Nc3c(F)c(F)c(C(F)(F)F)c(F)c3F)n2)cc(C)c1Cl. The molecule has 3 rings (SSSR count). The van der Waals surface area contributed by atoms with Gasteiger partial charge in [0.15, 0.2) is 35.7 Å². The molecule has 0 saturated carbocycles. The van der Waals surface area contributed by atoms with E-state index < -0.39 is 52.3 Å². The van der Waals surface area contributed by atoms with E-state index in [1.54, 1.807) is 26.0 Å². The quantitative estimate of drug-likeness (QED) is 0.348. The molecule has 5 nitrogen and oxygen atoms in total. The van der Waals surface area contributed by atoms with Crippen LogP contribution in [0.4, 0.5) is 36.4 Å². The van der Waals surface area contributed by atoms with Crippen LogP contribution >= 0.6 is 11.6 Å². The predicted octanol–water partition coefficient (Wildman–Crippen LogP) is 6.02. The van der Waals surface area contributed by atoms with Crippen LogP contribution < -0.4 is 10.1 Å². The lowest BCUT2D eigenvalue weighted by Crippen LogP contribution is -2.21. The Kier molecular flexibility index (Phi) is 6.59. The maximum absolute atomic E-state index is 14.0. The fraction of sp³-hybridized carbons (Fsp3) is 0.200. The molecule has 0 saturated heterocycles. The number of aromatic nitrogens is 2. The van der Waals surface area contributed by atoms with Crippen molar-refractivity contribution in [3.63, 3.8) is 0 Å². The Morgan fingerprint density at radius 1 is 1.06 bits per heavy atom. The Morgan fingerprint density at radius 2 is 1.61 bits per heavy atom. The maximum atomic E-state index is 14.0. The number of hydrogen-bond acceptors (Lipinski definition) is 3. The lowest BCUT2D eigenvalue weighted by atomic mass is 10.1. The number of ether oxygens (including phenoxy) is 1. The van der Waals surface area contributed by atoms with Gasteiger partial charge in [-0.15, -0.1) is 0 Å². The van der Waals surface area contributed by atoms with Gasteiger partial charge in [0.05, 0.1) is 0 Å². The molecule has 13 heteroatoms. The molecule has 1 N–H and O–H groups in total. The molecule has 33 heavy (non-hydrogen) atoms. The molecule has 0 radical (unpaired) electrons. The molecule has 1 amide bonds. The van der Waals surface area contributed by atoms with E-state index in [0.717, 1.165) is 21.9 Å². The first-order valence-corrected chi connectivity index (χ1v) is 9.36. The molecular formula is C20H13ClF7N3O2. The number of benzene rings is 2. The number of rotatable bonds is 5. The summed E-state index contributed by atoms with van der Waals surface area (Å²) in [4.78, 5) is 12.2. The van der Waals surface area contributed by atoms with Crippen LogP contribution in [0.5, 0.6) is 5.75 Å². The van der Waals surface area contributed by atoms with Crippen LogP contribution in [0.1, 0.15) is 27.2 Å². The van der Waals surface area contributed by atoms with Crippen molar-refractivity contribution < 1.29 is 40.3 Å². The number of carbonyl (C=O) groups excluding carboxylic acids is 1. The number of halogens is 8. The number of nitrogens with zero attached hydrogens (tertiary/aromatic N) is 2. The Labute approximate surface area is 186 Å². The van der Waals surface area contributed by atoms with Crippen LogP contribution in [0.15, 0.2) is 24.4 Å². The van der Waals surface area contributed by atoms with E-state index in [2.05, 4.69) is 5.10 Å². The molecule has 2 aromatic carbocycles. The van der Waals surface area contributed by atoms with Crippen LogP contribution in [0.2, 0.25) is 5.02 Å². The molecule has 176 valence electrons. The molecule has 0 aliphatic heterocycles. The van der Waals surface area contributed by atoms with Gasteiger partial charge in [0.2, 0.25) is 0 Å². The summed E-state index contributed by atoms with van der Waals surface area (Å²) in [6.07, 6.45) is -4.44. The van der Waals surface area contributed by atoms with Gasteiger partial charge in [-0.2, -0.15) is 18.3 Å². The Bertz CT molecular complexity index is 1190. The molecule has 0 fully saturated rings. The highest BCUT2D eigenvalue weighted by Crippen LogP contribution is 2.38. The molecule has 0 spiro atoms. The monoisotopic (exact) mass is 495 g/mol. The Morgan fingerprint density at radius 3 is 2.12 bits per heavy atom. The summed E-state index contributed by atoms with van der Waals surface area (Å²) in [6, 6.07) is 4.40. The van der Waals surface area contributed by atoms with Crippen LogP contribution in [-0.4, -0.2) is 15.7 Å². The fourth-order valence-corrected chi connectivity index (χ4v) is 2.96. The zero-order valence-corrected chi connectivity index (χ0v) is 17.5. The summed E-state index contributed by atoms with van der Waals surface area (Å²) in [5.41, 5.74) is -3.41. The summed E-state index contributed by atoms with van der Waals surface area (Å²) >= 11 is 6.07. The van der Waals surface area contributed by atoms with Crippen molar-refractivity contribution in [2.45, 2.75) is 26.8 Å². The molecule has 0 unspecified atom stereocenters. The van der Waals surface area contributed by atoms with E-state index in [1.165, 1.54) is 11.5 Å². The molecule has 0 aliphatic carbocycles. The smallest absolute Gasteiger partial charge is 0.422 e. The number of anilines is 1. The van der Waals surface area contributed by atoms with Gasteiger partial charge in [-0.05, 0) is 43.2 Å². The van der Waals surface area contributed by atoms with Gasteiger partial charge in [-0.3, -0.25) is 4.79 Å². The van der Waals surface area contributed by atoms with E-state index in [9.17, 15) is 35.5 Å². The summed E-state index contributed by atoms with van der Waals surface area (Å²) in [5, 5.41) is 5.85. The first kappa shape index (κ1) is 24.4. The Balaban J connectivity index is 1.78. The zero-order chi connectivity index (χ0) is 24.7. The predicted molar refractivity (Wildman–Crippen MR) is 103 cm³/mol. The van der Waals surface area contributed by atoms with Crippen molar-refractivity contribution in [1.82, 2.24) is 9.78 Å². The molecule has 1 heterocycles.